The van der Waals surface area contributed by atoms with E-state index in [9.17, 15) is 4.39 Å². The minimum absolute atomic E-state index is 0.136. The van der Waals surface area contributed by atoms with Crippen LogP contribution in [0, 0.1) is 5.82 Å². The lowest BCUT2D eigenvalue weighted by atomic mass is 10.2. The summed E-state index contributed by atoms with van der Waals surface area (Å²) in [4.78, 5) is 23.5. The van der Waals surface area contributed by atoms with Crippen LogP contribution in [0.5, 0.6) is 0 Å². The number of hydrogen-bond acceptors (Lipinski definition) is 7. The van der Waals surface area contributed by atoms with Gasteiger partial charge in [-0.2, -0.15) is 0 Å². The van der Waals surface area contributed by atoms with Crippen LogP contribution in [-0.2, 0) is 0 Å². The van der Waals surface area contributed by atoms with Crippen molar-refractivity contribution >= 4 is 51.8 Å². The van der Waals surface area contributed by atoms with Crippen molar-refractivity contribution in [3.63, 3.8) is 0 Å². The Balaban J connectivity index is 1.83. The number of nitrogens with zero attached hydrogens (tertiary/aromatic N) is 5. The van der Waals surface area contributed by atoms with Gasteiger partial charge >= 0.3 is 0 Å². The van der Waals surface area contributed by atoms with Gasteiger partial charge in [-0.25, -0.2) is 29.3 Å². The molecule has 8 nitrogen and oxygen atoms in total. The number of halogens is 3. The topological polar surface area (TPSA) is 118 Å². The van der Waals surface area contributed by atoms with Crippen LogP contribution in [0.15, 0.2) is 30.9 Å². The molecule has 0 radical (unpaired) electrons. The summed E-state index contributed by atoms with van der Waals surface area (Å²) in [6.07, 6.45) is 2.65. The van der Waals surface area contributed by atoms with E-state index in [1.807, 2.05) is 0 Å². The highest BCUT2D eigenvalue weighted by Crippen LogP contribution is 2.36. The van der Waals surface area contributed by atoms with E-state index in [0.717, 1.165) is 0 Å². The zero-order chi connectivity index (χ0) is 18.3. The van der Waals surface area contributed by atoms with Gasteiger partial charge in [0, 0.05) is 6.07 Å². The highest BCUT2D eigenvalue weighted by atomic mass is 35.5. The molecule has 0 bridgehead atoms. The Morgan fingerprint density at radius 2 is 1.88 bits per heavy atom. The first kappa shape index (κ1) is 16.4. The maximum atomic E-state index is 13.8. The van der Waals surface area contributed by atoms with Crippen molar-refractivity contribution in [2.24, 2.45) is 0 Å². The number of imidazole rings is 1. The van der Waals surface area contributed by atoms with E-state index in [1.54, 1.807) is 6.07 Å². The van der Waals surface area contributed by atoms with Gasteiger partial charge in [0.05, 0.1) is 15.6 Å². The van der Waals surface area contributed by atoms with Gasteiger partial charge < -0.3 is 16.0 Å². The molecule has 1 aromatic carbocycles. The predicted octanol–water partition coefficient (Wildman–Crippen LogP) is 3.58. The highest BCUT2D eigenvalue weighted by Gasteiger charge is 2.18. The Morgan fingerprint density at radius 1 is 1.08 bits per heavy atom. The second kappa shape index (κ2) is 6.36. The third kappa shape index (κ3) is 2.87. The SMILES string of the molecule is Nc1cc(Nc2ncnc3nc(-c4c(Cl)ccc(F)c4Cl)[nH]c23)ncn1. The van der Waals surface area contributed by atoms with Crippen molar-refractivity contribution < 1.29 is 4.39 Å². The Kier molecular flexibility index (Phi) is 4.02. The van der Waals surface area contributed by atoms with Crippen LogP contribution in [0.4, 0.5) is 21.8 Å². The van der Waals surface area contributed by atoms with Crippen LogP contribution in [-0.4, -0.2) is 29.9 Å². The first-order valence-corrected chi connectivity index (χ1v) is 7.97. The number of nitrogen functional groups attached to an aromatic ring is 1. The number of nitrogens with two attached hydrogens (primary N) is 1. The van der Waals surface area contributed by atoms with Gasteiger partial charge in [-0.3, -0.25) is 0 Å². The van der Waals surface area contributed by atoms with Gasteiger partial charge in [-0.1, -0.05) is 23.2 Å². The van der Waals surface area contributed by atoms with Gasteiger partial charge in [-0.05, 0) is 12.1 Å². The summed E-state index contributed by atoms with van der Waals surface area (Å²) < 4.78 is 13.8. The van der Waals surface area contributed by atoms with E-state index in [-0.39, 0.29) is 21.4 Å². The van der Waals surface area contributed by atoms with Crippen LogP contribution in [0.1, 0.15) is 0 Å². The molecule has 0 unspecified atom stereocenters. The quantitative estimate of drug-likeness (QED) is 0.457. The summed E-state index contributed by atoms with van der Waals surface area (Å²) in [6, 6.07) is 4.13. The molecule has 3 aromatic heterocycles. The lowest BCUT2D eigenvalue weighted by molar-refractivity contribution is 0.628. The van der Waals surface area contributed by atoms with Crippen molar-refractivity contribution in [2.75, 3.05) is 11.1 Å². The summed E-state index contributed by atoms with van der Waals surface area (Å²) in [5.74, 6) is 0.801. The first-order chi connectivity index (χ1) is 12.5. The molecule has 4 N–H and O–H groups in total. The molecule has 26 heavy (non-hydrogen) atoms. The normalized spacial score (nSPS) is 11.0. The van der Waals surface area contributed by atoms with Gasteiger partial charge in [0.25, 0.3) is 0 Å². The minimum atomic E-state index is -0.604. The predicted molar refractivity (Wildman–Crippen MR) is 96.8 cm³/mol. The molecule has 0 saturated heterocycles. The highest BCUT2D eigenvalue weighted by molar-refractivity contribution is 6.39. The number of aromatic amines is 1. The number of rotatable bonds is 3. The molecule has 11 heteroatoms. The fourth-order valence-electron chi connectivity index (χ4n) is 2.35. The van der Waals surface area contributed by atoms with Crippen molar-refractivity contribution in [1.82, 2.24) is 29.9 Å². The number of hydrogen-bond donors (Lipinski definition) is 3. The molecule has 4 aromatic rings. The molecule has 0 aliphatic rings. The summed E-state index contributed by atoms with van der Waals surface area (Å²) >= 11 is 12.2. The summed E-state index contributed by atoms with van der Waals surface area (Å²) in [6.45, 7) is 0. The standard InChI is InChI=1S/C15H9Cl2FN8/c16-6-1-2-7(18)11(17)10(6)13-25-12-14(22-5-23-15(12)26-13)24-9-3-8(19)20-4-21-9/h1-5H,(H4,19,20,21,22,23,24,25,26). The third-order valence-electron chi connectivity index (χ3n) is 3.50. The van der Waals surface area contributed by atoms with Crippen LogP contribution in [0.25, 0.3) is 22.6 Å². The molecule has 0 spiro atoms. The number of fused-ring (bicyclic) bond motifs is 1. The second-order valence-corrected chi connectivity index (χ2v) is 5.96. The van der Waals surface area contributed by atoms with E-state index < -0.39 is 5.82 Å². The Hall–Kier alpha value is -3.04. The molecule has 130 valence electrons. The second-order valence-electron chi connectivity index (χ2n) is 5.18. The average molecular weight is 391 g/mol. The summed E-state index contributed by atoms with van der Waals surface area (Å²) in [7, 11) is 0. The van der Waals surface area contributed by atoms with Gasteiger partial charge in [-0.15, -0.1) is 0 Å². The molecule has 0 aliphatic carbocycles. The van der Waals surface area contributed by atoms with Crippen molar-refractivity contribution in [3.05, 3.63) is 46.7 Å². The largest absolute Gasteiger partial charge is 0.384 e. The minimum Gasteiger partial charge on any atom is -0.384 e. The van der Waals surface area contributed by atoms with Gasteiger partial charge in [0.1, 0.15) is 41.4 Å². The molecule has 3 heterocycles. The van der Waals surface area contributed by atoms with Crippen LogP contribution in [0.3, 0.4) is 0 Å². The maximum Gasteiger partial charge on any atom is 0.183 e. The monoisotopic (exact) mass is 390 g/mol. The number of nitrogens with one attached hydrogen (secondary N) is 2. The molecule has 0 atom stereocenters. The summed E-state index contributed by atoms with van der Waals surface area (Å²) in [5, 5.41) is 3.11. The Morgan fingerprint density at radius 3 is 2.69 bits per heavy atom. The van der Waals surface area contributed by atoms with E-state index in [1.165, 1.54) is 24.8 Å². The van der Waals surface area contributed by atoms with Crippen LogP contribution >= 0.6 is 23.2 Å². The van der Waals surface area contributed by atoms with Crippen LogP contribution < -0.4 is 11.1 Å². The van der Waals surface area contributed by atoms with Gasteiger partial charge in [0.15, 0.2) is 11.5 Å². The average Bonchev–Trinajstić information content (AvgIpc) is 3.03. The molecule has 0 saturated carbocycles. The smallest absolute Gasteiger partial charge is 0.183 e. The van der Waals surface area contributed by atoms with Crippen molar-refractivity contribution in [3.8, 4) is 11.4 Å². The number of aromatic nitrogens is 6. The summed E-state index contributed by atoms with van der Waals surface area (Å²) in [5.41, 5.74) is 6.70. The van der Waals surface area contributed by atoms with E-state index in [4.69, 9.17) is 28.9 Å². The maximum absolute atomic E-state index is 13.8. The zero-order valence-corrected chi connectivity index (χ0v) is 14.3. The third-order valence-corrected chi connectivity index (χ3v) is 4.19. The first-order valence-electron chi connectivity index (χ1n) is 7.22. The zero-order valence-electron chi connectivity index (χ0n) is 12.8. The lowest BCUT2D eigenvalue weighted by Crippen LogP contribution is -2.00. The molecule has 0 aliphatic heterocycles. The molecule has 0 fully saturated rings. The molecular weight excluding hydrogens is 382 g/mol. The molecule has 0 amide bonds. The van der Waals surface area contributed by atoms with E-state index >= 15 is 0 Å². The number of H-pyrrole nitrogens is 1. The number of anilines is 3. The van der Waals surface area contributed by atoms with Crippen molar-refractivity contribution in [2.45, 2.75) is 0 Å². The lowest BCUT2D eigenvalue weighted by Gasteiger charge is -2.05. The number of benzene rings is 1. The Bertz CT molecular complexity index is 1130. The van der Waals surface area contributed by atoms with Crippen molar-refractivity contribution in [1.29, 1.82) is 0 Å². The fourth-order valence-corrected chi connectivity index (χ4v) is 2.90. The van der Waals surface area contributed by atoms with Crippen LogP contribution in [0.2, 0.25) is 10.0 Å². The van der Waals surface area contributed by atoms with E-state index in [0.29, 0.717) is 28.6 Å². The van der Waals surface area contributed by atoms with Gasteiger partial charge in [0.2, 0.25) is 0 Å². The Labute approximate surface area is 155 Å². The molecule has 4 rings (SSSR count). The fraction of sp³-hybridized carbons (Fsp3) is 0. The van der Waals surface area contributed by atoms with E-state index in [2.05, 4.69) is 35.2 Å². The molecular formula is C15H9Cl2FN8.